The van der Waals surface area contributed by atoms with Gasteiger partial charge in [-0.15, -0.1) is 0 Å². The molecule has 0 unspecified atom stereocenters. The van der Waals surface area contributed by atoms with Crippen LogP contribution >= 0.6 is 0 Å². The van der Waals surface area contributed by atoms with Crippen LogP contribution < -0.4 is 14.2 Å². The summed E-state index contributed by atoms with van der Waals surface area (Å²) in [5.74, 6) is 2.22. The summed E-state index contributed by atoms with van der Waals surface area (Å²) in [4.78, 5) is 12.6. The molecule has 2 aromatic carbocycles. The highest BCUT2D eigenvalue weighted by Gasteiger charge is 2.26. The molecule has 0 aromatic heterocycles. The third-order valence-electron chi connectivity index (χ3n) is 4.37. The number of carbonyl (C=O) groups excluding carboxylic acids is 1. The van der Waals surface area contributed by atoms with Gasteiger partial charge in [0.05, 0.1) is 19.3 Å². The van der Waals surface area contributed by atoms with Crippen molar-refractivity contribution >= 4 is 11.9 Å². The first kappa shape index (κ1) is 23.5. The Morgan fingerprint density at radius 2 is 1.40 bits per heavy atom. The van der Waals surface area contributed by atoms with E-state index in [1.54, 1.807) is 43.5 Å². The third-order valence-corrected chi connectivity index (χ3v) is 4.37. The molecule has 2 rings (SSSR count). The quantitative estimate of drug-likeness (QED) is 0.370. The lowest BCUT2D eigenvalue weighted by molar-refractivity contribution is 0.104. The van der Waals surface area contributed by atoms with Gasteiger partial charge in [-0.1, -0.05) is 26.8 Å². The number of benzene rings is 2. The van der Waals surface area contributed by atoms with E-state index in [0.717, 1.165) is 28.4 Å². The summed E-state index contributed by atoms with van der Waals surface area (Å²) in [6.45, 7) is 14.5. The molecular weight excluding hydrogens is 376 g/mol. The SMILES string of the molecule is COc1ccc(C(=O)C=Cc2cc(OC(C)C)c(C(C)(C)C)c(OC(C)C)c2)cc1. The average molecular weight is 411 g/mol. The van der Waals surface area contributed by atoms with Gasteiger partial charge in [0.1, 0.15) is 17.2 Å². The Kier molecular flexibility index (Phi) is 7.71. The molecular formula is C26H34O4. The van der Waals surface area contributed by atoms with Gasteiger partial charge >= 0.3 is 0 Å². The van der Waals surface area contributed by atoms with Crippen molar-refractivity contribution in [2.75, 3.05) is 7.11 Å². The predicted octanol–water partition coefficient (Wildman–Crippen LogP) is 6.46. The van der Waals surface area contributed by atoms with Crippen LogP contribution in [0.2, 0.25) is 0 Å². The van der Waals surface area contributed by atoms with E-state index in [1.165, 1.54) is 0 Å². The maximum atomic E-state index is 12.6. The van der Waals surface area contributed by atoms with Crippen molar-refractivity contribution in [1.29, 1.82) is 0 Å². The maximum absolute atomic E-state index is 12.6. The van der Waals surface area contributed by atoms with E-state index in [4.69, 9.17) is 14.2 Å². The Morgan fingerprint density at radius 3 is 1.80 bits per heavy atom. The summed E-state index contributed by atoms with van der Waals surface area (Å²) < 4.78 is 17.4. The van der Waals surface area contributed by atoms with E-state index in [0.29, 0.717) is 5.56 Å². The number of rotatable bonds is 8. The molecule has 0 N–H and O–H groups in total. The molecule has 0 radical (unpaired) electrons. The van der Waals surface area contributed by atoms with E-state index < -0.39 is 0 Å². The number of carbonyl (C=O) groups is 1. The highest BCUT2D eigenvalue weighted by atomic mass is 16.5. The third kappa shape index (κ3) is 6.38. The van der Waals surface area contributed by atoms with Gasteiger partial charge in [-0.05, 0) is 81.1 Å². The molecule has 4 heteroatoms. The van der Waals surface area contributed by atoms with Crippen molar-refractivity contribution in [2.45, 2.75) is 66.1 Å². The molecule has 0 atom stereocenters. The van der Waals surface area contributed by atoms with Crippen LogP contribution in [0.3, 0.4) is 0 Å². The van der Waals surface area contributed by atoms with Crippen LogP contribution in [0, 0.1) is 0 Å². The summed E-state index contributed by atoms with van der Waals surface area (Å²) in [7, 11) is 1.60. The maximum Gasteiger partial charge on any atom is 0.185 e. The van der Waals surface area contributed by atoms with Crippen LogP contribution in [0.5, 0.6) is 17.2 Å². The monoisotopic (exact) mass is 410 g/mol. The number of methoxy groups -OCH3 is 1. The van der Waals surface area contributed by atoms with Gasteiger partial charge in [0.15, 0.2) is 5.78 Å². The average Bonchev–Trinajstić information content (AvgIpc) is 2.64. The molecule has 0 spiro atoms. The summed E-state index contributed by atoms with van der Waals surface area (Å²) in [6, 6.07) is 11.0. The van der Waals surface area contributed by atoms with Gasteiger partial charge in [-0.2, -0.15) is 0 Å². The zero-order valence-electron chi connectivity index (χ0n) is 19.4. The standard InChI is InChI=1S/C26H34O4/c1-17(2)29-23-15-19(16-24(30-18(3)4)25(23)26(5,6)7)9-14-22(27)20-10-12-21(28-8)13-11-20/h9-18H,1-8H3. The van der Waals surface area contributed by atoms with E-state index >= 15 is 0 Å². The minimum Gasteiger partial charge on any atom is -0.497 e. The van der Waals surface area contributed by atoms with Crippen molar-refractivity contribution in [2.24, 2.45) is 0 Å². The largest absolute Gasteiger partial charge is 0.497 e. The summed E-state index contributed by atoms with van der Waals surface area (Å²) in [6.07, 6.45) is 3.43. The van der Waals surface area contributed by atoms with Gasteiger partial charge in [-0.3, -0.25) is 4.79 Å². The van der Waals surface area contributed by atoms with Crippen molar-refractivity contribution in [3.63, 3.8) is 0 Å². The smallest absolute Gasteiger partial charge is 0.185 e. The second kappa shape index (κ2) is 9.84. The number of hydrogen-bond acceptors (Lipinski definition) is 4. The number of ketones is 1. The van der Waals surface area contributed by atoms with Gasteiger partial charge in [-0.25, -0.2) is 0 Å². The van der Waals surface area contributed by atoms with Crippen molar-refractivity contribution in [1.82, 2.24) is 0 Å². The van der Waals surface area contributed by atoms with E-state index in [1.807, 2.05) is 39.8 Å². The molecule has 0 saturated heterocycles. The normalized spacial score (nSPS) is 11.9. The summed E-state index contributed by atoms with van der Waals surface area (Å²) in [5, 5.41) is 0. The van der Waals surface area contributed by atoms with Gasteiger partial charge in [0.2, 0.25) is 0 Å². The zero-order chi connectivity index (χ0) is 22.5. The molecule has 2 aromatic rings. The zero-order valence-corrected chi connectivity index (χ0v) is 19.4. The van der Waals surface area contributed by atoms with Crippen molar-refractivity contribution in [3.05, 3.63) is 59.2 Å². The van der Waals surface area contributed by atoms with Crippen molar-refractivity contribution in [3.8, 4) is 17.2 Å². The lowest BCUT2D eigenvalue weighted by Crippen LogP contribution is -2.19. The number of allylic oxidation sites excluding steroid dienone is 1. The molecule has 0 fully saturated rings. The van der Waals surface area contributed by atoms with Gasteiger partial charge < -0.3 is 14.2 Å². The summed E-state index contributed by atoms with van der Waals surface area (Å²) in [5.41, 5.74) is 2.34. The van der Waals surface area contributed by atoms with E-state index in [-0.39, 0.29) is 23.4 Å². The number of hydrogen-bond donors (Lipinski definition) is 0. The fraction of sp³-hybridized carbons (Fsp3) is 0.423. The van der Waals surface area contributed by atoms with E-state index in [2.05, 4.69) is 20.8 Å². The molecule has 0 saturated carbocycles. The van der Waals surface area contributed by atoms with Gasteiger partial charge in [0, 0.05) is 11.1 Å². The second-order valence-electron chi connectivity index (χ2n) is 8.90. The highest BCUT2D eigenvalue weighted by Crippen LogP contribution is 2.41. The molecule has 0 aliphatic rings. The Morgan fingerprint density at radius 1 is 0.900 bits per heavy atom. The first-order valence-electron chi connectivity index (χ1n) is 10.4. The molecule has 0 bridgehead atoms. The molecule has 0 amide bonds. The lowest BCUT2D eigenvalue weighted by atomic mass is 9.84. The van der Waals surface area contributed by atoms with Crippen molar-refractivity contribution < 1.29 is 19.0 Å². The van der Waals surface area contributed by atoms with Crippen LogP contribution in [0.25, 0.3) is 6.08 Å². The highest BCUT2D eigenvalue weighted by molar-refractivity contribution is 6.06. The van der Waals surface area contributed by atoms with Crippen LogP contribution in [0.1, 0.15) is 70.0 Å². The number of ether oxygens (including phenoxy) is 3. The van der Waals surface area contributed by atoms with Gasteiger partial charge in [0.25, 0.3) is 0 Å². The Hall–Kier alpha value is -2.75. The first-order valence-corrected chi connectivity index (χ1v) is 10.4. The molecule has 0 aliphatic carbocycles. The Labute approximate surface area is 180 Å². The molecule has 30 heavy (non-hydrogen) atoms. The van der Waals surface area contributed by atoms with Crippen LogP contribution in [-0.2, 0) is 5.41 Å². The Balaban J connectivity index is 2.45. The molecule has 4 nitrogen and oxygen atoms in total. The van der Waals surface area contributed by atoms with Crippen LogP contribution in [-0.4, -0.2) is 25.1 Å². The topological polar surface area (TPSA) is 44.8 Å². The second-order valence-corrected chi connectivity index (χ2v) is 8.90. The van der Waals surface area contributed by atoms with E-state index in [9.17, 15) is 4.79 Å². The minimum atomic E-state index is -0.157. The molecule has 0 heterocycles. The lowest BCUT2D eigenvalue weighted by Gasteiger charge is -2.28. The summed E-state index contributed by atoms with van der Waals surface area (Å²) >= 11 is 0. The Bertz CT molecular complexity index is 853. The fourth-order valence-electron chi connectivity index (χ4n) is 3.16. The van der Waals surface area contributed by atoms with Crippen LogP contribution in [0.15, 0.2) is 42.5 Å². The predicted molar refractivity (Wildman–Crippen MR) is 123 cm³/mol. The molecule has 162 valence electrons. The first-order chi connectivity index (χ1) is 14.0. The minimum absolute atomic E-state index is 0.0261. The van der Waals surface area contributed by atoms with Crippen LogP contribution in [0.4, 0.5) is 0 Å². The molecule has 0 aliphatic heterocycles. The fourth-order valence-corrected chi connectivity index (χ4v) is 3.16.